The molecule has 0 aliphatic carbocycles. The van der Waals surface area contributed by atoms with Gasteiger partial charge in [0.15, 0.2) is 0 Å². The van der Waals surface area contributed by atoms with Crippen LogP contribution in [-0.4, -0.2) is 22.5 Å². The summed E-state index contributed by atoms with van der Waals surface area (Å²) in [5, 5.41) is 1.04. The van der Waals surface area contributed by atoms with Crippen molar-refractivity contribution in [3.05, 3.63) is 47.2 Å². The predicted molar refractivity (Wildman–Crippen MR) is 91.9 cm³/mol. The highest BCUT2D eigenvalue weighted by Gasteiger charge is 2.18. The van der Waals surface area contributed by atoms with Gasteiger partial charge in [-0.05, 0) is 51.1 Å². The zero-order valence-corrected chi connectivity index (χ0v) is 14.0. The van der Waals surface area contributed by atoms with E-state index in [9.17, 15) is 4.79 Å². The molecule has 2 heterocycles. The van der Waals surface area contributed by atoms with Crippen molar-refractivity contribution in [3.63, 3.8) is 0 Å². The van der Waals surface area contributed by atoms with E-state index >= 15 is 0 Å². The summed E-state index contributed by atoms with van der Waals surface area (Å²) in [7, 11) is 1.81. The molecule has 114 valence electrons. The van der Waals surface area contributed by atoms with Gasteiger partial charge >= 0.3 is 0 Å². The Morgan fingerprint density at radius 1 is 1.32 bits per heavy atom. The topological polar surface area (TPSA) is 38.1 Å². The molecule has 0 saturated carbocycles. The molecule has 3 aromatic rings. The second-order valence-electron chi connectivity index (χ2n) is 5.64. The SMILES string of the molecule is Cc1nc2ccc(N(C)C(=O)c3cccn3C(C)C)cc2s1. The van der Waals surface area contributed by atoms with E-state index < -0.39 is 0 Å². The van der Waals surface area contributed by atoms with Crippen LogP contribution in [0.5, 0.6) is 0 Å². The van der Waals surface area contributed by atoms with E-state index in [1.807, 2.05) is 55.1 Å². The van der Waals surface area contributed by atoms with Gasteiger partial charge in [0.2, 0.25) is 0 Å². The van der Waals surface area contributed by atoms with Crippen molar-refractivity contribution >= 4 is 33.1 Å². The largest absolute Gasteiger partial charge is 0.341 e. The van der Waals surface area contributed by atoms with Crippen LogP contribution in [-0.2, 0) is 0 Å². The van der Waals surface area contributed by atoms with E-state index in [-0.39, 0.29) is 11.9 Å². The van der Waals surface area contributed by atoms with Gasteiger partial charge in [-0.1, -0.05) is 0 Å². The van der Waals surface area contributed by atoms with Gasteiger partial charge in [-0.3, -0.25) is 4.79 Å². The van der Waals surface area contributed by atoms with E-state index in [2.05, 4.69) is 18.8 Å². The number of thiazole rings is 1. The molecule has 3 rings (SSSR count). The van der Waals surface area contributed by atoms with Gasteiger partial charge in [-0.15, -0.1) is 11.3 Å². The Balaban J connectivity index is 1.95. The fourth-order valence-corrected chi connectivity index (χ4v) is 3.41. The van der Waals surface area contributed by atoms with Crippen LogP contribution in [0.4, 0.5) is 5.69 Å². The average Bonchev–Trinajstić information content (AvgIpc) is 3.09. The molecule has 4 nitrogen and oxygen atoms in total. The second-order valence-corrected chi connectivity index (χ2v) is 6.88. The highest BCUT2D eigenvalue weighted by molar-refractivity contribution is 7.18. The molecule has 5 heteroatoms. The molecule has 22 heavy (non-hydrogen) atoms. The van der Waals surface area contributed by atoms with Gasteiger partial charge in [-0.25, -0.2) is 4.98 Å². The lowest BCUT2D eigenvalue weighted by Crippen LogP contribution is -2.28. The minimum absolute atomic E-state index is 0.000660. The summed E-state index contributed by atoms with van der Waals surface area (Å²) >= 11 is 1.65. The van der Waals surface area contributed by atoms with E-state index in [1.54, 1.807) is 16.2 Å². The second kappa shape index (κ2) is 5.57. The Morgan fingerprint density at radius 3 is 2.82 bits per heavy atom. The molecule has 0 unspecified atom stereocenters. The number of nitrogens with zero attached hydrogens (tertiary/aromatic N) is 3. The highest BCUT2D eigenvalue weighted by Crippen LogP contribution is 2.27. The van der Waals surface area contributed by atoms with Crippen molar-refractivity contribution in [2.24, 2.45) is 0 Å². The number of carbonyl (C=O) groups is 1. The fraction of sp³-hybridized carbons (Fsp3) is 0.294. The standard InChI is InChI=1S/C17H19N3OS/c1-11(2)20-9-5-6-15(20)17(21)19(4)13-7-8-14-16(10-13)22-12(3)18-14/h5-11H,1-4H3. The Kier molecular flexibility index (Phi) is 3.74. The van der Waals surface area contributed by atoms with Crippen LogP contribution in [0.25, 0.3) is 10.2 Å². The first-order valence-electron chi connectivity index (χ1n) is 7.29. The van der Waals surface area contributed by atoms with Crippen LogP contribution < -0.4 is 4.90 Å². The third-order valence-electron chi connectivity index (χ3n) is 3.73. The molecule has 0 atom stereocenters. The van der Waals surface area contributed by atoms with Crippen molar-refractivity contribution in [3.8, 4) is 0 Å². The van der Waals surface area contributed by atoms with Crippen LogP contribution in [0, 0.1) is 6.92 Å². The van der Waals surface area contributed by atoms with Gasteiger partial charge in [-0.2, -0.15) is 0 Å². The molecule has 0 spiro atoms. The Hall–Kier alpha value is -2.14. The number of carbonyl (C=O) groups excluding carboxylic acids is 1. The molecular formula is C17H19N3OS. The molecule has 1 amide bonds. The highest BCUT2D eigenvalue weighted by atomic mass is 32.1. The molecule has 0 fully saturated rings. The summed E-state index contributed by atoms with van der Waals surface area (Å²) in [4.78, 5) is 18.9. The molecule has 1 aromatic carbocycles. The lowest BCUT2D eigenvalue weighted by Gasteiger charge is -2.20. The normalized spacial score (nSPS) is 11.3. The number of aromatic nitrogens is 2. The molecule has 0 bridgehead atoms. The third kappa shape index (κ3) is 2.52. The van der Waals surface area contributed by atoms with Crippen molar-refractivity contribution in [1.29, 1.82) is 0 Å². The van der Waals surface area contributed by atoms with Crippen LogP contribution >= 0.6 is 11.3 Å². The van der Waals surface area contributed by atoms with Crippen molar-refractivity contribution in [2.75, 3.05) is 11.9 Å². The maximum Gasteiger partial charge on any atom is 0.274 e. The van der Waals surface area contributed by atoms with E-state index in [4.69, 9.17) is 0 Å². The molecule has 0 aliphatic heterocycles. The summed E-state index contributed by atoms with van der Waals surface area (Å²) in [6, 6.07) is 9.99. The summed E-state index contributed by atoms with van der Waals surface area (Å²) in [6.07, 6.45) is 1.95. The third-order valence-corrected chi connectivity index (χ3v) is 4.66. The smallest absolute Gasteiger partial charge is 0.274 e. The van der Waals surface area contributed by atoms with Gasteiger partial charge in [0.25, 0.3) is 5.91 Å². The quantitative estimate of drug-likeness (QED) is 0.724. The van der Waals surface area contributed by atoms with Gasteiger partial charge in [0, 0.05) is 25.0 Å². The molecule has 0 saturated heterocycles. The van der Waals surface area contributed by atoms with Crippen LogP contribution in [0.15, 0.2) is 36.5 Å². The van der Waals surface area contributed by atoms with Crippen molar-refractivity contribution in [2.45, 2.75) is 26.8 Å². The van der Waals surface area contributed by atoms with Crippen LogP contribution in [0.3, 0.4) is 0 Å². The first-order valence-corrected chi connectivity index (χ1v) is 8.11. The molecule has 2 aromatic heterocycles. The number of fused-ring (bicyclic) bond motifs is 1. The summed E-state index contributed by atoms with van der Waals surface area (Å²) < 4.78 is 3.10. The fourth-order valence-electron chi connectivity index (χ4n) is 2.55. The number of amides is 1. The van der Waals surface area contributed by atoms with Crippen LogP contribution in [0.1, 0.15) is 35.4 Å². The first-order chi connectivity index (χ1) is 10.5. The molecular weight excluding hydrogens is 294 g/mol. The lowest BCUT2D eigenvalue weighted by molar-refractivity contribution is 0.0983. The van der Waals surface area contributed by atoms with E-state index in [1.165, 1.54) is 0 Å². The summed E-state index contributed by atoms with van der Waals surface area (Å²) in [5.41, 5.74) is 2.58. The summed E-state index contributed by atoms with van der Waals surface area (Å²) in [5.74, 6) is -0.000660. The zero-order chi connectivity index (χ0) is 15.9. The van der Waals surface area contributed by atoms with E-state index in [0.717, 1.165) is 20.9 Å². The zero-order valence-electron chi connectivity index (χ0n) is 13.2. The lowest BCUT2D eigenvalue weighted by atomic mass is 10.2. The van der Waals surface area contributed by atoms with Gasteiger partial charge < -0.3 is 9.47 Å². The maximum atomic E-state index is 12.8. The number of benzene rings is 1. The molecule has 0 aliphatic rings. The number of hydrogen-bond donors (Lipinski definition) is 0. The maximum absolute atomic E-state index is 12.8. The van der Waals surface area contributed by atoms with Crippen LogP contribution in [0.2, 0.25) is 0 Å². The van der Waals surface area contributed by atoms with E-state index in [0.29, 0.717) is 5.69 Å². The number of rotatable bonds is 3. The molecule has 0 radical (unpaired) electrons. The number of anilines is 1. The Bertz CT molecular complexity index is 831. The van der Waals surface area contributed by atoms with Gasteiger partial charge in [0.05, 0.1) is 15.2 Å². The minimum Gasteiger partial charge on any atom is -0.341 e. The summed E-state index contributed by atoms with van der Waals surface area (Å²) in [6.45, 7) is 6.14. The number of aryl methyl sites for hydroxylation is 1. The molecule has 0 N–H and O–H groups in total. The van der Waals surface area contributed by atoms with Crippen molar-refractivity contribution < 1.29 is 4.79 Å². The average molecular weight is 313 g/mol. The van der Waals surface area contributed by atoms with Crippen molar-refractivity contribution in [1.82, 2.24) is 9.55 Å². The first kappa shape index (κ1) is 14.8. The Labute approximate surface area is 134 Å². The monoisotopic (exact) mass is 313 g/mol. The van der Waals surface area contributed by atoms with Gasteiger partial charge in [0.1, 0.15) is 5.69 Å². The predicted octanol–water partition coefficient (Wildman–Crippen LogP) is 4.26. The number of hydrogen-bond acceptors (Lipinski definition) is 3. The Morgan fingerprint density at radius 2 is 2.09 bits per heavy atom. The minimum atomic E-state index is -0.000660.